The van der Waals surface area contributed by atoms with Gasteiger partial charge in [0.1, 0.15) is 68.3 Å². The SMILES string of the molecule is CCCC(=O)c1c(O)c(CC2=C(O)[C@@](C)(C/C=C(\C)CCC=C(C)C)C(=O)C(C(C)=O)=C2O)c(O)c(Cc2c(O)c3c(c(C(=O)CCC)c2O)OC(C)(C)C=C3)c1O. The molecular weight excluding hydrogens is 744 g/mol. The van der Waals surface area contributed by atoms with Crippen molar-refractivity contribution in [3.8, 4) is 34.5 Å². The van der Waals surface area contributed by atoms with Crippen molar-refractivity contribution < 1.29 is 59.7 Å². The highest BCUT2D eigenvalue weighted by molar-refractivity contribution is 6.23. The van der Waals surface area contributed by atoms with E-state index < -0.39 is 115 Å². The number of allylic oxidation sites excluding steroid dienone is 7. The quantitative estimate of drug-likeness (QED) is 0.0480. The minimum atomic E-state index is -1.77. The average Bonchev–Trinajstić information content (AvgIpc) is 3.12. The van der Waals surface area contributed by atoms with Gasteiger partial charge in [0.15, 0.2) is 23.1 Å². The van der Waals surface area contributed by atoms with E-state index in [-0.39, 0.29) is 41.7 Å². The summed E-state index contributed by atoms with van der Waals surface area (Å²) in [6, 6.07) is 0. The molecule has 2 aromatic rings. The third-order valence-electron chi connectivity index (χ3n) is 10.7. The fraction of sp³-hybridized carbons (Fsp3) is 0.435. The maximum Gasteiger partial charge on any atom is 0.183 e. The van der Waals surface area contributed by atoms with Gasteiger partial charge in [0, 0.05) is 47.9 Å². The Hall–Kier alpha value is -5.78. The molecule has 0 radical (unpaired) electrons. The molecule has 0 saturated carbocycles. The number of carbonyl (C=O) groups excluding carboxylic acids is 4. The molecular formula is C46H56O12. The molecule has 0 bridgehead atoms. The minimum Gasteiger partial charge on any atom is -0.511 e. The molecule has 12 nitrogen and oxygen atoms in total. The van der Waals surface area contributed by atoms with E-state index in [2.05, 4.69) is 6.08 Å². The van der Waals surface area contributed by atoms with Crippen molar-refractivity contribution in [2.24, 2.45) is 5.41 Å². The summed E-state index contributed by atoms with van der Waals surface area (Å²) in [5, 5.41) is 81.6. The zero-order valence-corrected chi connectivity index (χ0v) is 34.8. The zero-order valence-electron chi connectivity index (χ0n) is 34.8. The number of hydrogen-bond acceptors (Lipinski definition) is 12. The maximum absolute atomic E-state index is 13.9. The van der Waals surface area contributed by atoms with Crippen molar-refractivity contribution in [1.82, 2.24) is 0 Å². The Morgan fingerprint density at radius 2 is 1.24 bits per heavy atom. The minimum absolute atomic E-state index is 0.0117. The van der Waals surface area contributed by atoms with E-state index in [1.165, 1.54) is 13.0 Å². The lowest BCUT2D eigenvalue weighted by atomic mass is 9.70. The van der Waals surface area contributed by atoms with E-state index >= 15 is 0 Å². The smallest absolute Gasteiger partial charge is 0.183 e. The van der Waals surface area contributed by atoms with E-state index in [1.807, 2.05) is 20.8 Å². The number of fused-ring (bicyclic) bond motifs is 1. The van der Waals surface area contributed by atoms with Crippen molar-refractivity contribution in [3.05, 3.63) is 85.4 Å². The Kier molecular flexibility index (Phi) is 13.5. The lowest BCUT2D eigenvalue weighted by Gasteiger charge is -2.33. The Bertz CT molecular complexity index is 2220. The predicted molar refractivity (Wildman–Crippen MR) is 220 cm³/mol. The second-order valence-electron chi connectivity index (χ2n) is 16.3. The maximum atomic E-state index is 13.9. The first kappa shape index (κ1) is 44.9. The van der Waals surface area contributed by atoms with Gasteiger partial charge in [-0.05, 0) is 92.7 Å². The molecule has 1 aliphatic carbocycles. The van der Waals surface area contributed by atoms with Crippen LogP contribution in [0.5, 0.6) is 34.5 Å². The van der Waals surface area contributed by atoms with Crippen molar-refractivity contribution in [2.45, 2.75) is 126 Å². The van der Waals surface area contributed by atoms with Crippen LogP contribution in [0.15, 0.2) is 52.0 Å². The summed E-state index contributed by atoms with van der Waals surface area (Å²) in [7, 11) is 0. The summed E-state index contributed by atoms with van der Waals surface area (Å²) >= 11 is 0. The number of hydrogen-bond donors (Lipinski definition) is 7. The van der Waals surface area contributed by atoms with Crippen LogP contribution in [-0.2, 0) is 22.4 Å². The predicted octanol–water partition coefficient (Wildman–Crippen LogP) is 9.38. The van der Waals surface area contributed by atoms with Crippen LogP contribution in [0.1, 0.15) is 150 Å². The molecule has 0 saturated heterocycles. The van der Waals surface area contributed by atoms with Crippen LogP contribution in [0.3, 0.4) is 0 Å². The number of rotatable bonds is 16. The fourth-order valence-electron chi connectivity index (χ4n) is 7.36. The molecule has 312 valence electrons. The van der Waals surface area contributed by atoms with Crippen LogP contribution in [0.2, 0.25) is 0 Å². The summed E-state index contributed by atoms with van der Waals surface area (Å²) in [6.07, 6.45) is 7.43. The number of phenolic OH excluding ortho intramolecular Hbond substituents is 5. The van der Waals surface area contributed by atoms with E-state index in [0.29, 0.717) is 19.3 Å². The number of aromatic hydroxyl groups is 5. The molecule has 1 aliphatic heterocycles. The van der Waals surface area contributed by atoms with Crippen LogP contribution in [0.25, 0.3) is 6.08 Å². The standard InChI is InChI=1S/C46H56O12/c1-10-13-31(48)34-38(52)28(21-27-36(50)26-18-19-45(7,8)58-42(26)35(40(27)54)32(49)14-11-2)37(51)29(39(34)53)22-30-41(55)33(25(6)47)44(57)46(9,43(30)56)20-17-24(5)16-12-15-23(3)4/h15,17-19,50-56H,10-14,16,20-22H2,1-9H3/b24-17+/t46-/m1/s1. The summed E-state index contributed by atoms with van der Waals surface area (Å²) in [5.74, 6) is -8.28. The third kappa shape index (κ3) is 8.56. The lowest BCUT2D eigenvalue weighted by Crippen LogP contribution is -2.38. The van der Waals surface area contributed by atoms with Gasteiger partial charge in [-0.2, -0.15) is 0 Å². The highest BCUT2D eigenvalue weighted by Gasteiger charge is 2.47. The number of ketones is 4. The molecule has 1 atom stereocenters. The molecule has 0 unspecified atom stereocenters. The second-order valence-corrected chi connectivity index (χ2v) is 16.3. The number of Topliss-reactive ketones (excluding diaryl/α,β-unsaturated/α-hetero) is 4. The first-order chi connectivity index (χ1) is 27.0. The highest BCUT2D eigenvalue weighted by Crippen LogP contribution is 2.52. The van der Waals surface area contributed by atoms with Gasteiger partial charge in [-0.15, -0.1) is 0 Å². The van der Waals surface area contributed by atoms with E-state index in [0.717, 1.165) is 24.5 Å². The number of carbonyl (C=O) groups is 4. The van der Waals surface area contributed by atoms with Gasteiger partial charge in [-0.25, -0.2) is 0 Å². The van der Waals surface area contributed by atoms with Crippen LogP contribution in [0, 0.1) is 5.41 Å². The Labute approximate surface area is 339 Å². The number of ether oxygens (including phenoxy) is 1. The van der Waals surface area contributed by atoms with Gasteiger partial charge in [0.25, 0.3) is 0 Å². The molecule has 0 spiro atoms. The van der Waals surface area contributed by atoms with Gasteiger partial charge >= 0.3 is 0 Å². The van der Waals surface area contributed by atoms with E-state index in [4.69, 9.17) is 4.74 Å². The van der Waals surface area contributed by atoms with Gasteiger partial charge in [0.2, 0.25) is 0 Å². The number of benzene rings is 2. The number of phenols is 5. The van der Waals surface area contributed by atoms with Crippen molar-refractivity contribution in [3.63, 3.8) is 0 Å². The van der Waals surface area contributed by atoms with Crippen molar-refractivity contribution in [2.75, 3.05) is 0 Å². The third-order valence-corrected chi connectivity index (χ3v) is 10.7. The normalized spacial score (nSPS) is 17.6. The van der Waals surface area contributed by atoms with Gasteiger partial charge < -0.3 is 40.5 Å². The Morgan fingerprint density at radius 3 is 1.79 bits per heavy atom. The van der Waals surface area contributed by atoms with Crippen molar-refractivity contribution in [1.29, 1.82) is 0 Å². The number of aliphatic hydroxyl groups excluding tert-OH is 2. The molecule has 2 aromatic carbocycles. The largest absolute Gasteiger partial charge is 0.511 e. The van der Waals surface area contributed by atoms with Gasteiger partial charge in [-0.1, -0.05) is 37.1 Å². The van der Waals surface area contributed by atoms with Crippen LogP contribution in [-0.4, -0.2) is 64.5 Å². The topological polar surface area (TPSA) is 219 Å². The molecule has 0 aromatic heterocycles. The van der Waals surface area contributed by atoms with Gasteiger partial charge in [0.05, 0.1) is 11.0 Å². The van der Waals surface area contributed by atoms with Gasteiger partial charge in [-0.3, -0.25) is 19.2 Å². The second kappa shape index (κ2) is 17.4. The monoisotopic (exact) mass is 800 g/mol. The number of aliphatic hydroxyl groups is 2. The molecule has 0 fully saturated rings. The average molecular weight is 801 g/mol. The first-order valence-electron chi connectivity index (χ1n) is 19.6. The molecule has 1 heterocycles. The summed E-state index contributed by atoms with van der Waals surface area (Å²) < 4.78 is 6.04. The Balaban J connectivity index is 1.99. The van der Waals surface area contributed by atoms with Crippen molar-refractivity contribution >= 4 is 29.2 Å². The summed E-state index contributed by atoms with van der Waals surface area (Å²) in [5.41, 5.74) is -3.64. The van der Waals surface area contributed by atoms with E-state index in [9.17, 15) is 54.9 Å². The van der Waals surface area contributed by atoms with E-state index in [1.54, 1.807) is 39.8 Å². The zero-order chi connectivity index (χ0) is 43.6. The Morgan fingerprint density at radius 1 is 0.707 bits per heavy atom. The lowest BCUT2D eigenvalue weighted by molar-refractivity contribution is -0.127. The molecule has 4 rings (SSSR count). The molecule has 2 aliphatic rings. The summed E-state index contributed by atoms with van der Waals surface area (Å²) in [6.45, 7) is 15.2. The molecule has 58 heavy (non-hydrogen) atoms. The summed E-state index contributed by atoms with van der Waals surface area (Å²) in [4.78, 5) is 53.8. The molecule has 0 amide bonds. The highest BCUT2D eigenvalue weighted by atomic mass is 16.5. The van der Waals surface area contributed by atoms with Crippen LogP contribution < -0.4 is 4.74 Å². The van der Waals surface area contributed by atoms with Crippen LogP contribution >= 0.6 is 0 Å². The fourth-order valence-corrected chi connectivity index (χ4v) is 7.36. The molecule has 12 heteroatoms. The first-order valence-corrected chi connectivity index (χ1v) is 19.6. The molecule has 7 N–H and O–H groups in total. The van der Waals surface area contributed by atoms with Crippen LogP contribution in [0.4, 0.5) is 0 Å².